The van der Waals surface area contributed by atoms with Crippen LogP contribution in [0.25, 0.3) is 0 Å². The molecule has 0 aromatic rings. The Morgan fingerprint density at radius 3 is 2.73 bits per heavy atom. The Bertz CT molecular complexity index is 265. The van der Waals surface area contributed by atoms with E-state index in [1.807, 2.05) is 0 Å². The summed E-state index contributed by atoms with van der Waals surface area (Å²) in [6, 6.07) is -0.241. The SMILES string of the molecule is [B][C@@H]1O[C@@]2(COC)CC(S)(OC)C2C1C. The van der Waals surface area contributed by atoms with Gasteiger partial charge in [0.2, 0.25) is 0 Å². The zero-order valence-electron chi connectivity index (χ0n) is 9.40. The molecule has 3 unspecified atom stereocenters. The second kappa shape index (κ2) is 3.65. The smallest absolute Gasteiger partial charge is 0.119 e. The predicted octanol–water partition coefficient (Wildman–Crippen LogP) is 0.825. The summed E-state index contributed by atoms with van der Waals surface area (Å²) < 4.78 is 16.5. The normalized spacial score (nSPS) is 53.7. The first-order valence-corrected chi connectivity index (χ1v) is 5.64. The molecule has 2 radical (unpaired) electrons. The standard InChI is InChI=1S/C10H17BO3S/c1-6-7-9(5-12-2,14-8(6)11)4-10(7,15)13-3/h6-8,15H,4-5H2,1-3H3/t6?,7?,8-,9-,10?/m1/s1. The Morgan fingerprint density at radius 1 is 1.53 bits per heavy atom. The summed E-state index contributed by atoms with van der Waals surface area (Å²) in [6.07, 6.45) is 0.732. The fraction of sp³-hybridized carbons (Fsp3) is 1.00. The molecule has 2 fully saturated rings. The minimum absolute atomic E-state index is 0.202. The second-order valence-corrected chi connectivity index (χ2v) is 5.40. The van der Waals surface area contributed by atoms with Crippen molar-refractivity contribution in [1.29, 1.82) is 0 Å². The van der Waals surface area contributed by atoms with Crippen molar-refractivity contribution in [3.8, 4) is 0 Å². The van der Waals surface area contributed by atoms with Crippen molar-refractivity contribution >= 4 is 20.5 Å². The molecule has 0 aromatic carbocycles. The van der Waals surface area contributed by atoms with E-state index in [9.17, 15) is 0 Å². The lowest BCUT2D eigenvalue weighted by Crippen LogP contribution is -2.65. The van der Waals surface area contributed by atoms with Gasteiger partial charge in [0.15, 0.2) is 0 Å². The third-order valence-corrected chi connectivity index (χ3v) is 4.38. The van der Waals surface area contributed by atoms with E-state index in [1.165, 1.54) is 0 Å². The third kappa shape index (κ3) is 1.47. The summed E-state index contributed by atoms with van der Waals surface area (Å²) in [5.41, 5.74) is -0.286. The molecule has 0 N–H and O–H groups in total. The Morgan fingerprint density at radius 2 is 2.20 bits per heavy atom. The highest BCUT2D eigenvalue weighted by Gasteiger charge is 2.69. The summed E-state index contributed by atoms with van der Waals surface area (Å²) >= 11 is 4.58. The summed E-state index contributed by atoms with van der Waals surface area (Å²) in [6.45, 7) is 2.64. The number of rotatable bonds is 3. The van der Waals surface area contributed by atoms with Gasteiger partial charge in [0, 0.05) is 32.6 Å². The van der Waals surface area contributed by atoms with Gasteiger partial charge in [0.1, 0.15) is 18.4 Å². The molecule has 2 rings (SSSR count). The van der Waals surface area contributed by atoms with E-state index in [1.54, 1.807) is 14.2 Å². The maximum absolute atomic E-state index is 5.92. The average Bonchev–Trinajstić information content (AvgIpc) is 2.35. The van der Waals surface area contributed by atoms with Crippen LogP contribution in [0.5, 0.6) is 0 Å². The lowest BCUT2D eigenvalue weighted by atomic mass is 9.61. The Hall–Kier alpha value is 0.295. The Labute approximate surface area is 97.7 Å². The molecule has 1 aliphatic carbocycles. The third-order valence-electron chi connectivity index (χ3n) is 3.76. The summed E-state index contributed by atoms with van der Waals surface area (Å²) in [4.78, 5) is -0.411. The highest BCUT2D eigenvalue weighted by Crippen LogP contribution is 2.61. The van der Waals surface area contributed by atoms with Crippen molar-refractivity contribution in [2.45, 2.75) is 29.9 Å². The zero-order valence-corrected chi connectivity index (χ0v) is 10.3. The summed E-state index contributed by atoms with van der Waals surface area (Å²) in [5.74, 6) is 0.444. The van der Waals surface area contributed by atoms with E-state index in [4.69, 9.17) is 22.1 Å². The van der Waals surface area contributed by atoms with Gasteiger partial charge in [-0.25, -0.2) is 0 Å². The van der Waals surface area contributed by atoms with Gasteiger partial charge in [0.05, 0.1) is 6.61 Å². The molecule has 1 aliphatic heterocycles. The molecule has 0 spiro atoms. The molecule has 1 saturated heterocycles. The molecule has 0 amide bonds. The van der Waals surface area contributed by atoms with Crippen molar-refractivity contribution in [3.05, 3.63) is 0 Å². The summed E-state index contributed by atoms with van der Waals surface area (Å²) in [7, 11) is 9.28. The molecule has 5 atom stereocenters. The zero-order chi connectivity index (χ0) is 11.3. The van der Waals surface area contributed by atoms with Crippen LogP contribution in [0, 0.1) is 11.8 Å². The first-order valence-electron chi connectivity index (χ1n) is 5.19. The molecule has 5 heteroatoms. The van der Waals surface area contributed by atoms with Crippen molar-refractivity contribution in [2.75, 3.05) is 20.8 Å². The number of hydrogen-bond donors (Lipinski definition) is 1. The minimum Gasteiger partial charge on any atom is -0.382 e. The molecule has 3 nitrogen and oxygen atoms in total. The van der Waals surface area contributed by atoms with Crippen LogP contribution in [0.3, 0.4) is 0 Å². The number of fused-ring (bicyclic) bond motifs is 1. The molecular formula is C10H17BO3S. The molecule has 0 bridgehead atoms. The van der Waals surface area contributed by atoms with Gasteiger partial charge >= 0.3 is 0 Å². The van der Waals surface area contributed by atoms with Gasteiger partial charge in [-0.2, -0.15) is 0 Å². The van der Waals surface area contributed by atoms with Gasteiger partial charge in [-0.15, -0.1) is 12.6 Å². The van der Waals surface area contributed by atoms with Crippen LogP contribution in [-0.2, 0) is 14.2 Å². The Balaban J connectivity index is 2.22. The molecular weight excluding hydrogens is 211 g/mol. The van der Waals surface area contributed by atoms with Gasteiger partial charge in [-0.1, -0.05) is 6.92 Å². The number of ether oxygens (including phenoxy) is 3. The van der Waals surface area contributed by atoms with Crippen LogP contribution in [0.4, 0.5) is 0 Å². The predicted molar refractivity (Wildman–Crippen MR) is 61.2 cm³/mol. The molecule has 1 saturated carbocycles. The van der Waals surface area contributed by atoms with Gasteiger partial charge in [0.25, 0.3) is 0 Å². The summed E-state index contributed by atoms with van der Waals surface area (Å²) in [5, 5.41) is 0. The molecule has 2 aliphatic rings. The monoisotopic (exact) mass is 228 g/mol. The van der Waals surface area contributed by atoms with Crippen molar-refractivity contribution in [3.63, 3.8) is 0 Å². The van der Waals surface area contributed by atoms with Gasteiger partial charge < -0.3 is 14.2 Å². The van der Waals surface area contributed by atoms with Crippen molar-refractivity contribution in [2.24, 2.45) is 11.8 Å². The molecule has 1 heterocycles. The number of thiol groups is 1. The fourth-order valence-electron chi connectivity index (χ4n) is 3.12. The highest BCUT2D eigenvalue weighted by atomic mass is 32.1. The molecule has 0 aromatic heterocycles. The first kappa shape index (κ1) is 11.8. The average molecular weight is 228 g/mol. The van der Waals surface area contributed by atoms with Crippen molar-refractivity contribution < 1.29 is 14.2 Å². The van der Waals surface area contributed by atoms with E-state index in [2.05, 4.69) is 19.6 Å². The lowest BCUT2D eigenvalue weighted by molar-refractivity contribution is -0.209. The van der Waals surface area contributed by atoms with Gasteiger partial charge in [-0.3, -0.25) is 0 Å². The van der Waals surface area contributed by atoms with E-state index >= 15 is 0 Å². The van der Waals surface area contributed by atoms with Crippen LogP contribution >= 0.6 is 12.6 Å². The lowest BCUT2D eigenvalue weighted by Gasteiger charge is -2.56. The maximum Gasteiger partial charge on any atom is 0.119 e. The number of hydrogen-bond acceptors (Lipinski definition) is 4. The van der Waals surface area contributed by atoms with Crippen LogP contribution in [-0.4, -0.2) is 45.2 Å². The topological polar surface area (TPSA) is 27.7 Å². The molecule has 84 valence electrons. The Kier molecular flexibility index (Phi) is 2.87. The highest BCUT2D eigenvalue weighted by molar-refractivity contribution is 7.81. The van der Waals surface area contributed by atoms with E-state index < -0.39 is 4.93 Å². The second-order valence-electron chi connectivity index (χ2n) is 4.64. The fourth-order valence-corrected chi connectivity index (χ4v) is 3.86. The number of methoxy groups -OCH3 is 2. The van der Waals surface area contributed by atoms with Crippen LogP contribution in [0.1, 0.15) is 13.3 Å². The van der Waals surface area contributed by atoms with Crippen LogP contribution < -0.4 is 0 Å². The quantitative estimate of drug-likeness (QED) is 0.440. The largest absolute Gasteiger partial charge is 0.382 e. The van der Waals surface area contributed by atoms with Gasteiger partial charge in [-0.05, 0) is 5.92 Å². The van der Waals surface area contributed by atoms with E-state index in [0.717, 1.165) is 6.42 Å². The maximum atomic E-state index is 5.92. The van der Waals surface area contributed by atoms with E-state index in [0.29, 0.717) is 6.61 Å². The van der Waals surface area contributed by atoms with E-state index in [-0.39, 0.29) is 23.4 Å². The molecule has 15 heavy (non-hydrogen) atoms. The van der Waals surface area contributed by atoms with Crippen LogP contribution in [0.15, 0.2) is 0 Å². The first-order chi connectivity index (χ1) is 6.99. The van der Waals surface area contributed by atoms with Crippen LogP contribution in [0.2, 0.25) is 0 Å². The minimum atomic E-state index is -0.411. The van der Waals surface area contributed by atoms with Crippen molar-refractivity contribution in [1.82, 2.24) is 0 Å².